The standard InChI is InChI=1S/C31H34ClN7O3/c1-21-6-5-7-25(32)30(21)36-31(40)39(23-10-8-22(9-11-23)38-16-14-37(2)15-17-38)29-19-28(33-20-34-29)35-26-13-12-24(41-3)18-27(26)42-4/h5-13,18-20H,14-17H2,1-4H3,(H,36,40)(H,33,34,35). The normalized spacial score (nSPS) is 13.4. The molecule has 1 aliphatic heterocycles. The number of aromatic nitrogens is 2. The molecule has 1 aliphatic rings. The molecule has 3 aromatic carbocycles. The van der Waals surface area contributed by atoms with Crippen LogP contribution in [0.1, 0.15) is 5.56 Å². The molecule has 0 bridgehead atoms. The fourth-order valence-electron chi connectivity index (χ4n) is 4.76. The molecule has 42 heavy (non-hydrogen) atoms. The van der Waals surface area contributed by atoms with Gasteiger partial charge in [-0.2, -0.15) is 0 Å². The van der Waals surface area contributed by atoms with Crippen LogP contribution in [0, 0.1) is 6.92 Å². The summed E-state index contributed by atoms with van der Waals surface area (Å²) < 4.78 is 10.8. The summed E-state index contributed by atoms with van der Waals surface area (Å²) in [7, 11) is 5.31. The highest BCUT2D eigenvalue weighted by molar-refractivity contribution is 6.34. The number of urea groups is 1. The fraction of sp³-hybridized carbons (Fsp3) is 0.258. The average Bonchev–Trinajstić information content (AvgIpc) is 3.00. The molecule has 218 valence electrons. The molecular weight excluding hydrogens is 554 g/mol. The third kappa shape index (κ3) is 6.50. The molecule has 0 saturated carbocycles. The highest BCUT2D eigenvalue weighted by Crippen LogP contribution is 2.34. The topological polar surface area (TPSA) is 95.1 Å². The number of para-hydroxylation sites is 1. The number of rotatable bonds is 8. The molecule has 4 aromatic rings. The Balaban J connectivity index is 1.48. The van der Waals surface area contributed by atoms with E-state index in [1.54, 1.807) is 32.4 Å². The van der Waals surface area contributed by atoms with Gasteiger partial charge in [-0.05, 0) is 62.0 Å². The van der Waals surface area contributed by atoms with Crippen molar-refractivity contribution in [1.29, 1.82) is 0 Å². The van der Waals surface area contributed by atoms with Crippen molar-refractivity contribution in [2.45, 2.75) is 6.92 Å². The van der Waals surface area contributed by atoms with Gasteiger partial charge in [0.25, 0.3) is 0 Å². The number of halogens is 1. The number of nitrogens with zero attached hydrogens (tertiary/aromatic N) is 5. The maximum Gasteiger partial charge on any atom is 0.332 e. The minimum atomic E-state index is -0.412. The van der Waals surface area contributed by atoms with E-state index in [1.165, 1.54) is 11.2 Å². The van der Waals surface area contributed by atoms with Crippen molar-refractivity contribution in [2.24, 2.45) is 0 Å². The van der Waals surface area contributed by atoms with Gasteiger partial charge in [-0.3, -0.25) is 0 Å². The lowest BCUT2D eigenvalue weighted by molar-refractivity contribution is 0.259. The number of likely N-dealkylation sites (N-methyl/N-ethyl adjacent to an activating group) is 1. The van der Waals surface area contributed by atoms with Crippen LogP contribution < -0.4 is 29.9 Å². The lowest BCUT2D eigenvalue weighted by atomic mass is 10.2. The van der Waals surface area contributed by atoms with Crippen LogP contribution >= 0.6 is 11.6 Å². The number of methoxy groups -OCH3 is 2. The van der Waals surface area contributed by atoms with Crippen LogP contribution in [-0.2, 0) is 0 Å². The zero-order valence-electron chi connectivity index (χ0n) is 24.1. The third-order valence-electron chi connectivity index (χ3n) is 7.19. The van der Waals surface area contributed by atoms with Gasteiger partial charge in [0.2, 0.25) is 0 Å². The van der Waals surface area contributed by atoms with Gasteiger partial charge in [0.1, 0.15) is 29.5 Å². The first-order valence-electron chi connectivity index (χ1n) is 13.6. The maximum absolute atomic E-state index is 13.9. The monoisotopic (exact) mass is 587 g/mol. The minimum Gasteiger partial charge on any atom is -0.497 e. The van der Waals surface area contributed by atoms with E-state index in [0.29, 0.717) is 45.2 Å². The molecule has 1 saturated heterocycles. The van der Waals surface area contributed by atoms with Crippen molar-refractivity contribution in [3.05, 3.63) is 83.6 Å². The van der Waals surface area contributed by atoms with Crippen molar-refractivity contribution < 1.29 is 14.3 Å². The number of aryl methyl sites for hydroxylation is 1. The zero-order chi connectivity index (χ0) is 29.6. The Morgan fingerprint density at radius 2 is 1.71 bits per heavy atom. The molecule has 0 radical (unpaired) electrons. The van der Waals surface area contributed by atoms with Gasteiger partial charge in [-0.15, -0.1) is 0 Å². The van der Waals surface area contributed by atoms with Crippen LogP contribution in [0.5, 0.6) is 11.5 Å². The Kier molecular flexibility index (Phi) is 8.94. The molecule has 2 heterocycles. The summed E-state index contributed by atoms with van der Waals surface area (Å²) in [5, 5.41) is 6.69. The summed E-state index contributed by atoms with van der Waals surface area (Å²) in [6, 6.07) is 20.1. The third-order valence-corrected chi connectivity index (χ3v) is 7.50. The fourth-order valence-corrected chi connectivity index (χ4v) is 5.03. The summed E-state index contributed by atoms with van der Waals surface area (Å²) in [5.41, 5.74) is 3.81. The van der Waals surface area contributed by atoms with Crippen molar-refractivity contribution in [3.8, 4) is 11.5 Å². The Labute approximate surface area is 250 Å². The molecule has 10 nitrogen and oxygen atoms in total. The highest BCUT2D eigenvalue weighted by atomic mass is 35.5. The summed E-state index contributed by atoms with van der Waals surface area (Å²) >= 11 is 6.45. The number of anilines is 6. The van der Waals surface area contributed by atoms with Gasteiger partial charge in [0.15, 0.2) is 0 Å². The van der Waals surface area contributed by atoms with Crippen LogP contribution in [0.3, 0.4) is 0 Å². The second-order valence-corrected chi connectivity index (χ2v) is 10.4. The Morgan fingerprint density at radius 1 is 0.952 bits per heavy atom. The molecule has 1 fully saturated rings. The maximum atomic E-state index is 13.9. The molecule has 2 amide bonds. The lowest BCUT2D eigenvalue weighted by Crippen LogP contribution is -2.44. The molecule has 0 atom stereocenters. The van der Waals surface area contributed by atoms with E-state index in [0.717, 1.165) is 37.4 Å². The summed E-state index contributed by atoms with van der Waals surface area (Å²) in [5.74, 6) is 2.09. The molecule has 1 aromatic heterocycles. The molecule has 0 unspecified atom stereocenters. The number of carbonyl (C=O) groups excluding carboxylic acids is 1. The van der Waals surface area contributed by atoms with E-state index in [4.69, 9.17) is 21.1 Å². The number of hydrogen-bond donors (Lipinski definition) is 2. The predicted octanol–water partition coefficient (Wildman–Crippen LogP) is 6.32. The Morgan fingerprint density at radius 3 is 2.40 bits per heavy atom. The first-order chi connectivity index (χ1) is 20.4. The van der Waals surface area contributed by atoms with E-state index in [1.807, 2.05) is 55.5 Å². The van der Waals surface area contributed by atoms with Crippen LogP contribution in [-0.4, -0.2) is 68.3 Å². The predicted molar refractivity (Wildman–Crippen MR) is 168 cm³/mol. The SMILES string of the molecule is COc1ccc(Nc2cc(N(C(=O)Nc3c(C)cccc3Cl)c3ccc(N4CCN(C)CC4)cc3)ncn2)c(OC)c1. The zero-order valence-corrected chi connectivity index (χ0v) is 24.9. The van der Waals surface area contributed by atoms with E-state index >= 15 is 0 Å². The van der Waals surface area contributed by atoms with Gasteiger partial charge in [-0.25, -0.2) is 19.7 Å². The Bertz CT molecular complexity index is 1520. The van der Waals surface area contributed by atoms with Gasteiger partial charge >= 0.3 is 6.03 Å². The number of carbonyl (C=O) groups is 1. The second kappa shape index (κ2) is 13.0. The van der Waals surface area contributed by atoms with Crippen LogP contribution in [0.25, 0.3) is 0 Å². The average molecular weight is 588 g/mol. The highest BCUT2D eigenvalue weighted by Gasteiger charge is 2.23. The summed E-state index contributed by atoms with van der Waals surface area (Å²) in [6.07, 6.45) is 1.41. The van der Waals surface area contributed by atoms with Crippen LogP contribution in [0.4, 0.5) is 39.2 Å². The van der Waals surface area contributed by atoms with Crippen molar-refractivity contribution in [2.75, 3.05) is 67.9 Å². The van der Waals surface area contributed by atoms with E-state index in [2.05, 4.69) is 37.4 Å². The lowest BCUT2D eigenvalue weighted by Gasteiger charge is -2.34. The van der Waals surface area contributed by atoms with Gasteiger partial charge in [-0.1, -0.05) is 23.7 Å². The van der Waals surface area contributed by atoms with E-state index in [9.17, 15) is 4.79 Å². The smallest absolute Gasteiger partial charge is 0.332 e. The van der Waals surface area contributed by atoms with E-state index in [-0.39, 0.29) is 0 Å². The number of piperazine rings is 1. The number of benzene rings is 3. The number of nitrogens with one attached hydrogen (secondary N) is 2. The Hall–Kier alpha value is -4.54. The quantitative estimate of drug-likeness (QED) is 0.247. The molecular formula is C31H34ClN7O3. The van der Waals surface area contributed by atoms with Gasteiger partial charge < -0.3 is 29.9 Å². The van der Waals surface area contributed by atoms with Crippen LogP contribution in [0.15, 0.2) is 73.1 Å². The molecule has 0 spiro atoms. The first-order valence-corrected chi connectivity index (χ1v) is 13.9. The largest absolute Gasteiger partial charge is 0.497 e. The first kappa shape index (κ1) is 29.0. The number of ether oxygens (including phenoxy) is 2. The minimum absolute atomic E-state index is 0.370. The number of amides is 2. The molecule has 11 heteroatoms. The van der Waals surface area contributed by atoms with Crippen molar-refractivity contribution in [1.82, 2.24) is 14.9 Å². The molecule has 2 N–H and O–H groups in total. The molecule has 0 aliphatic carbocycles. The van der Waals surface area contributed by atoms with Crippen LogP contribution in [0.2, 0.25) is 5.02 Å². The summed E-state index contributed by atoms with van der Waals surface area (Å²) in [6.45, 7) is 5.79. The second-order valence-electron chi connectivity index (χ2n) is 9.96. The van der Waals surface area contributed by atoms with Crippen molar-refractivity contribution in [3.63, 3.8) is 0 Å². The van der Waals surface area contributed by atoms with Crippen molar-refractivity contribution >= 4 is 52.0 Å². The van der Waals surface area contributed by atoms with Gasteiger partial charge in [0.05, 0.1) is 36.3 Å². The van der Waals surface area contributed by atoms with E-state index < -0.39 is 6.03 Å². The molecule has 5 rings (SSSR count). The summed E-state index contributed by atoms with van der Waals surface area (Å²) in [4.78, 5) is 28.9. The number of hydrogen-bond acceptors (Lipinski definition) is 8. The van der Waals surface area contributed by atoms with Gasteiger partial charge in [0, 0.05) is 44.0 Å².